The van der Waals surface area contributed by atoms with E-state index in [0.717, 1.165) is 22.6 Å². The van der Waals surface area contributed by atoms with Crippen molar-refractivity contribution in [2.45, 2.75) is 19.8 Å². The molecule has 0 saturated heterocycles. The standard InChI is InChI=1S/C16H20N2O2S2/c1-12(11-18-16(20)14-7-4-10-22-14)5-2-8-17-15(19)13-6-3-9-21-13/h3-4,6-7,9-10,12H,2,5,8,11H2,1H3,(H,17,19)(H,18,20)/t12-/m0/s1. The summed E-state index contributed by atoms with van der Waals surface area (Å²) in [6.07, 6.45) is 1.88. The average molecular weight is 336 g/mol. The van der Waals surface area contributed by atoms with Gasteiger partial charge in [0.15, 0.2) is 0 Å². The molecule has 0 bridgehead atoms. The van der Waals surface area contributed by atoms with Crippen LogP contribution in [-0.4, -0.2) is 24.9 Å². The lowest BCUT2D eigenvalue weighted by molar-refractivity contribution is 0.0949. The number of thiophene rings is 2. The molecule has 0 fully saturated rings. The molecule has 4 nitrogen and oxygen atoms in total. The first-order valence-electron chi connectivity index (χ1n) is 7.30. The Labute approximate surface area is 138 Å². The second kappa shape index (κ2) is 8.70. The van der Waals surface area contributed by atoms with E-state index in [9.17, 15) is 9.59 Å². The van der Waals surface area contributed by atoms with Crippen molar-refractivity contribution in [2.24, 2.45) is 5.92 Å². The third-order valence-electron chi connectivity index (χ3n) is 3.26. The van der Waals surface area contributed by atoms with Gasteiger partial charge in [-0.25, -0.2) is 0 Å². The van der Waals surface area contributed by atoms with E-state index in [0.29, 0.717) is 19.0 Å². The minimum absolute atomic E-state index is 0.00588. The fourth-order valence-electron chi connectivity index (χ4n) is 2.01. The van der Waals surface area contributed by atoms with Crippen LogP contribution in [0.1, 0.15) is 39.1 Å². The topological polar surface area (TPSA) is 58.2 Å². The Kier molecular flexibility index (Phi) is 6.61. The van der Waals surface area contributed by atoms with E-state index in [1.54, 1.807) is 0 Å². The Bertz CT molecular complexity index is 579. The molecule has 6 heteroatoms. The number of carbonyl (C=O) groups is 2. The van der Waals surface area contributed by atoms with Crippen LogP contribution in [-0.2, 0) is 0 Å². The fraction of sp³-hybridized carbons (Fsp3) is 0.375. The van der Waals surface area contributed by atoms with E-state index in [-0.39, 0.29) is 11.8 Å². The van der Waals surface area contributed by atoms with Gasteiger partial charge in [0.25, 0.3) is 11.8 Å². The van der Waals surface area contributed by atoms with Gasteiger partial charge < -0.3 is 10.6 Å². The second-order valence-electron chi connectivity index (χ2n) is 5.17. The highest BCUT2D eigenvalue weighted by Crippen LogP contribution is 2.10. The van der Waals surface area contributed by atoms with Crippen molar-refractivity contribution in [3.63, 3.8) is 0 Å². The summed E-state index contributed by atoms with van der Waals surface area (Å²) in [6, 6.07) is 7.39. The van der Waals surface area contributed by atoms with Crippen LogP contribution in [0.3, 0.4) is 0 Å². The number of amides is 2. The first-order valence-corrected chi connectivity index (χ1v) is 9.06. The molecule has 2 rings (SSSR count). The summed E-state index contributed by atoms with van der Waals surface area (Å²) in [5.74, 6) is 0.379. The number of rotatable bonds is 8. The van der Waals surface area contributed by atoms with Crippen molar-refractivity contribution < 1.29 is 9.59 Å². The van der Waals surface area contributed by atoms with Gasteiger partial charge in [0.1, 0.15) is 0 Å². The lowest BCUT2D eigenvalue weighted by atomic mass is 10.1. The fourth-order valence-corrected chi connectivity index (χ4v) is 3.29. The molecule has 1 atom stereocenters. The Hall–Kier alpha value is -1.66. The minimum atomic E-state index is -0.00662. The molecule has 2 amide bonds. The predicted octanol–water partition coefficient (Wildman–Crippen LogP) is 3.39. The molecule has 0 spiro atoms. The molecule has 2 N–H and O–H groups in total. The molecule has 0 radical (unpaired) electrons. The van der Waals surface area contributed by atoms with Gasteiger partial charge in [0.05, 0.1) is 9.75 Å². The van der Waals surface area contributed by atoms with Gasteiger partial charge in [-0.3, -0.25) is 9.59 Å². The van der Waals surface area contributed by atoms with Crippen LogP contribution in [0.4, 0.5) is 0 Å². The van der Waals surface area contributed by atoms with Gasteiger partial charge in [-0.15, -0.1) is 22.7 Å². The van der Waals surface area contributed by atoms with Crippen molar-refractivity contribution in [1.82, 2.24) is 10.6 Å². The Morgan fingerprint density at radius 1 is 1.05 bits per heavy atom. The van der Waals surface area contributed by atoms with Crippen molar-refractivity contribution >= 4 is 34.5 Å². The first-order chi connectivity index (χ1) is 10.7. The average Bonchev–Trinajstić information content (AvgIpc) is 3.21. The third kappa shape index (κ3) is 5.27. The van der Waals surface area contributed by atoms with Crippen LogP contribution in [0.5, 0.6) is 0 Å². The first kappa shape index (κ1) is 16.7. The summed E-state index contributed by atoms with van der Waals surface area (Å²) in [5, 5.41) is 9.65. The van der Waals surface area contributed by atoms with E-state index in [1.165, 1.54) is 22.7 Å². The van der Waals surface area contributed by atoms with Crippen LogP contribution in [0.15, 0.2) is 35.0 Å². The van der Waals surface area contributed by atoms with E-state index >= 15 is 0 Å². The van der Waals surface area contributed by atoms with Crippen LogP contribution in [0.25, 0.3) is 0 Å². The molecule has 2 aromatic rings. The number of hydrogen-bond donors (Lipinski definition) is 2. The summed E-state index contributed by atoms with van der Waals surface area (Å²) in [4.78, 5) is 25.0. The lowest BCUT2D eigenvalue weighted by Crippen LogP contribution is -2.28. The zero-order chi connectivity index (χ0) is 15.8. The summed E-state index contributed by atoms with van der Waals surface area (Å²) in [5.41, 5.74) is 0. The minimum Gasteiger partial charge on any atom is -0.351 e. The zero-order valence-corrected chi connectivity index (χ0v) is 14.1. The lowest BCUT2D eigenvalue weighted by Gasteiger charge is -2.12. The van der Waals surface area contributed by atoms with Crippen LogP contribution in [0.2, 0.25) is 0 Å². The third-order valence-corrected chi connectivity index (χ3v) is 5.00. The van der Waals surface area contributed by atoms with Gasteiger partial charge in [-0.2, -0.15) is 0 Å². The van der Waals surface area contributed by atoms with E-state index in [2.05, 4.69) is 17.6 Å². The molecule has 118 valence electrons. The highest BCUT2D eigenvalue weighted by atomic mass is 32.1. The maximum atomic E-state index is 11.8. The Morgan fingerprint density at radius 3 is 2.18 bits per heavy atom. The molecule has 0 aromatic carbocycles. The smallest absolute Gasteiger partial charge is 0.261 e. The molecule has 2 aromatic heterocycles. The highest BCUT2D eigenvalue weighted by Gasteiger charge is 2.09. The van der Waals surface area contributed by atoms with E-state index in [1.807, 2.05) is 35.0 Å². The van der Waals surface area contributed by atoms with Crippen LogP contribution < -0.4 is 10.6 Å². The van der Waals surface area contributed by atoms with Gasteiger partial charge >= 0.3 is 0 Å². The molecule has 0 unspecified atom stereocenters. The summed E-state index contributed by atoms with van der Waals surface area (Å²) >= 11 is 2.89. The molecular weight excluding hydrogens is 316 g/mol. The van der Waals surface area contributed by atoms with E-state index < -0.39 is 0 Å². The molecule has 22 heavy (non-hydrogen) atoms. The number of hydrogen-bond acceptors (Lipinski definition) is 4. The van der Waals surface area contributed by atoms with Crippen molar-refractivity contribution in [3.05, 3.63) is 44.8 Å². The van der Waals surface area contributed by atoms with E-state index in [4.69, 9.17) is 0 Å². The van der Waals surface area contributed by atoms with Crippen molar-refractivity contribution in [1.29, 1.82) is 0 Å². The Morgan fingerprint density at radius 2 is 1.64 bits per heavy atom. The molecular formula is C16H20N2O2S2. The highest BCUT2D eigenvalue weighted by molar-refractivity contribution is 7.12. The maximum absolute atomic E-state index is 11.8. The van der Waals surface area contributed by atoms with Gasteiger partial charge in [0, 0.05) is 13.1 Å². The number of nitrogens with one attached hydrogen (secondary N) is 2. The van der Waals surface area contributed by atoms with Gasteiger partial charge in [-0.05, 0) is 41.7 Å². The second-order valence-corrected chi connectivity index (χ2v) is 7.06. The van der Waals surface area contributed by atoms with Crippen LogP contribution in [0, 0.1) is 5.92 Å². The quantitative estimate of drug-likeness (QED) is 0.726. The maximum Gasteiger partial charge on any atom is 0.261 e. The monoisotopic (exact) mass is 336 g/mol. The normalized spacial score (nSPS) is 11.9. The van der Waals surface area contributed by atoms with Crippen molar-refractivity contribution in [2.75, 3.05) is 13.1 Å². The summed E-state index contributed by atoms with van der Waals surface area (Å²) in [7, 11) is 0. The predicted molar refractivity (Wildman–Crippen MR) is 91.7 cm³/mol. The molecule has 0 saturated carbocycles. The van der Waals surface area contributed by atoms with Crippen molar-refractivity contribution in [3.8, 4) is 0 Å². The SMILES string of the molecule is C[C@@H](CCCNC(=O)c1cccs1)CNC(=O)c1cccs1. The number of carbonyl (C=O) groups excluding carboxylic acids is 2. The summed E-state index contributed by atoms with van der Waals surface area (Å²) < 4.78 is 0. The summed E-state index contributed by atoms with van der Waals surface area (Å²) in [6.45, 7) is 3.44. The van der Waals surface area contributed by atoms with Crippen LogP contribution >= 0.6 is 22.7 Å². The molecule has 2 heterocycles. The Balaban J connectivity index is 1.57. The zero-order valence-electron chi connectivity index (χ0n) is 12.5. The van der Waals surface area contributed by atoms with Gasteiger partial charge in [-0.1, -0.05) is 19.1 Å². The molecule has 0 aliphatic rings. The largest absolute Gasteiger partial charge is 0.351 e. The molecule has 0 aliphatic carbocycles. The molecule has 0 aliphatic heterocycles. The van der Waals surface area contributed by atoms with Gasteiger partial charge in [0.2, 0.25) is 0 Å².